The zero-order valence-electron chi connectivity index (χ0n) is 18.0. The highest BCUT2D eigenvalue weighted by Gasteiger charge is 2.22. The van der Waals surface area contributed by atoms with Gasteiger partial charge in [-0.3, -0.25) is 0 Å². The molecule has 0 aliphatic heterocycles. The van der Waals surface area contributed by atoms with Crippen LogP contribution >= 0.6 is 0 Å². The van der Waals surface area contributed by atoms with E-state index in [0.29, 0.717) is 11.4 Å². The Bertz CT molecular complexity index is 1220. The van der Waals surface area contributed by atoms with Crippen LogP contribution in [-0.2, 0) is 5.41 Å². The predicted octanol–water partition coefficient (Wildman–Crippen LogP) is 5.38. The summed E-state index contributed by atoms with van der Waals surface area (Å²) in [7, 11) is 0. The lowest BCUT2D eigenvalue weighted by atomic mass is 9.86. The van der Waals surface area contributed by atoms with E-state index in [1.165, 1.54) is 4.80 Å². The summed E-state index contributed by atoms with van der Waals surface area (Å²) in [4.78, 5) is 14.0. The van der Waals surface area contributed by atoms with Gasteiger partial charge in [0.15, 0.2) is 5.75 Å². The average molecular weight is 415 g/mol. The summed E-state index contributed by atoms with van der Waals surface area (Å²) in [6.45, 7) is 8.17. The Morgan fingerprint density at radius 1 is 0.935 bits per heavy atom. The summed E-state index contributed by atoms with van der Waals surface area (Å²) in [5.41, 5.74) is 4.58. The first-order chi connectivity index (χ1) is 14.7. The normalized spacial score (nSPS) is 11.5. The minimum Gasteiger partial charge on any atom is -0.504 e. The first kappa shape index (κ1) is 20.4. The standard InChI is InChI=1S/C24H25N5O2/c1-15-9-11-17(12-10-15)25-23(31)26-20-13-16(24(2,3)4)14-21(22(20)30)29-27-18-7-5-6-8-19(18)28-29/h5-14,30H,1-4H3,(H2,25,26,31). The van der Waals surface area contributed by atoms with Crippen LogP contribution in [0.5, 0.6) is 5.75 Å². The number of urea groups is 1. The molecule has 7 heteroatoms. The number of anilines is 2. The number of benzene rings is 3. The molecule has 0 radical (unpaired) electrons. The van der Waals surface area contributed by atoms with Crippen LogP contribution in [0.4, 0.5) is 16.2 Å². The molecule has 7 nitrogen and oxygen atoms in total. The molecule has 2 amide bonds. The number of carbonyl (C=O) groups is 1. The fourth-order valence-electron chi connectivity index (χ4n) is 3.19. The zero-order chi connectivity index (χ0) is 22.2. The second-order valence-corrected chi connectivity index (χ2v) is 8.56. The molecule has 1 aromatic heterocycles. The van der Waals surface area contributed by atoms with E-state index in [0.717, 1.165) is 22.2 Å². The number of phenolic OH excluding ortho intramolecular Hbond substituents is 1. The summed E-state index contributed by atoms with van der Waals surface area (Å²) < 4.78 is 0. The van der Waals surface area contributed by atoms with Gasteiger partial charge in [-0.1, -0.05) is 50.6 Å². The predicted molar refractivity (Wildman–Crippen MR) is 123 cm³/mol. The van der Waals surface area contributed by atoms with Crippen LogP contribution < -0.4 is 10.6 Å². The van der Waals surface area contributed by atoms with Crippen molar-refractivity contribution in [1.29, 1.82) is 0 Å². The number of carbonyl (C=O) groups excluding carboxylic acids is 1. The largest absolute Gasteiger partial charge is 0.504 e. The van der Waals surface area contributed by atoms with E-state index >= 15 is 0 Å². The number of hydrogen-bond acceptors (Lipinski definition) is 4. The number of fused-ring (bicyclic) bond motifs is 1. The summed E-state index contributed by atoms with van der Waals surface area (Å²) >= 11 is 0. The van der Waals surface area contributed by atoms with Crippen LogP contribution in [0.25, 0.3) is 16.7 Å². The van der Waals surface area contributed by atoms with Crippen molar-refractivity contribution >= 4 is 28.4 Å². The lowest BCUT2D eigenvalue weighted by molar-refractivity contribution is 0.262. The van der Waals surface area contributed by atoms with Gasteiger partial charge in [0.05, 0.1) is 5.69 Å². The highest BCUT2D eigenvalue weighted by molar-refractivity contribution is 6.01. The third-order valence-corrected chi connectivity index (χ3v) is 5.02. The van der Waals surface area contributed by atoms with Gasteiger partial charge in [0.2, 0.25) is 0 Å². The van der Waals surface area contributed by atoms with Crippen LogP contribution in [-0.4, -0.2) is 26.1 Å². The maximum absolute atomic E-state index is 12.6. The Morgan fingerprint density at radius 3 is 2.13 bits per heavy atom. The van der Waals surface area contributed by atoms with Crippen LogP contribution in [0, 0.1) is 6.92 Å². The molecule has 158 valence electrons. The van der Waals surface area contributed by atoms with Gasteiger partial charge in [0.1, 0.15) is 16.7 Å². The maximum atomic E-state index is 12.6. The van der Waals surface area contributed by atoms with Gasteiger partial charge < -0.3 is 15.7 Å². The molecule has 0 aliphatic carbocycles. The van der Waals surface area contributed by atoms with Crippen molar-refractivity contribution in [2.45, 2.75) is 33.1 Å². The van der Waals surface area contributed by atoms with Crippen LogP contribution in [0.2, 0.25) is 0 Å². The monoisotopic (exact) mass is 415 g/mol. The van der Waals surface area contributed by atoms with Gasteiger partial charge in [0, 0.05) is 5.69 Å². The number of aryl methyl sites for hydroxylation is 1. The summed E-state index contributed by atoms with van der Waals surface area (Å²) in [5, 5.41) is 25.5. The topological polar surface area (TPSA) is 92.1 Å². The van der Waals surface area contributed by atoms with Crippen molar-refractivity contribution in [1.82, 2.24) is 15.0 Å². The van der Waals surface area contributed by atoms with Crippen LogP contribution in [0.1, 0.15) is 31.9 Å². The molecule has 0 fully saturated rings. The number of aromatic hydroxyl groups is 1. The summed E-state index contributed by atoms with van der Waals surface area (Å²) in [5.74, 6) is -0.104. The quantitative estimate of drug-likeness (QED) is 0.392. The lowest BCUT2D eigenvalue weighted by Crippen LogP contribution is -2.21. The minimum atomic E-state index is -0.449. The molecule has 3 N–H and O–H groups in total. The smallest absolute Gasteiger partial charge is 0.323 e. The molecule has 0 unspecified atom stereocenters. The number of rotatable bonds is 3. The molecule has 0 saturated heterocycles. The molecule has 0 atom stereocenters. The maximum Gasteiger partial charge on any atom is 0.323 e. The van der Waals surface area contributed by atoms with E-state index in [1.807, 2.05) is 61.5 Å². The third-order valence-electron chi connectivity index (χ3n) is 5.02. The molecular weight excluding hydrogens is 390 g/mol. The van der Waals surface area contributed by atoms with Crippen molar-refractivity contribution in [2.75, 3.05) is 10.6 Å². The van der Waals surface area contributed by atoms with Crippen LogP contribution in [0.15, 0.2) is 60.7 Å². The third kappa shape index (κ3) is 4.35. The number of nitrogens with one attached hydrogen (secondary N) is 2. The highest BCUT2D eigenvalue weighted by Crippen LogP contribution is 2.36. The lowest BCUT2D eigenvalue weighted by Gasteiger charge is -2.22. The summed E-state index contributed by atoms with van der Waals surface area (Å²) in [6, 6.07) is 18.1. The molecule has 0 saturated carbocycles. The zero-order valence-corrected chi connectivity index (χ0v) is 18.0. The van der Waals surface area contributed by atoms with Gasteiger partial charge in [-0.2, -0.15) is 0 Å². The SMILES string of the molecule is Cc1ccc(NC(=O)Nc2cc(C(C)(C)C)cc(-n3nc4ccccc4n3)c2O)cc1. The first-order valence-corrected chi connectivity index (χ1v) is 10.1. The van der Waals surface area contributed by atoms with Crippen molar-refractivity contribution in [3.05, 3.63) is 71.8 Å². The molecule has 31 heavy (non-hydrogen) atoms. The van der Waals surface area contributed by atoms with E-state index in [2.05, 4.69) is 41.6 Å². The number of amides is 2. The molecule has 0 aliphatic rings. The fraction of sp³-hybridized carbons (Fsp3) is 0.208. The Morgan fingerprint density at radius 2 is 1.55 bits per heavy atom. The molecule has 4 aromatic rings. The molecule has 3 aromatic carbocycles. The molecule has 1 heterocycles. The van der Waals surface area contributed by atoms with E-state index in [-0.39, 0.29) is 16.9 Å². The number of phenols is 1. The van der Waals surface area contributed by atoms with E-state index in [4.69, 9.17) is 0 Å². The van der Waals surface area contributed by atoms with Gasteiger partial charge in [-0.05, 0) is 54.3 Å². The Hall–Kier alpha value is -3.87. The van der Waals surface area contributed by atoms with E-state index in [1.54, 1.807) is 6.07 Å². The second-order valence-electron chi connectivity index (χ2n) is 8.56. The van der Waals surface area contributed by atoms with Gasteiger partial charge in [-0.25, -0.2) is 4.79 Å². The molecule has 0 bridgehead atoms. The summed E-state index contributed by atoms with van der Waals surface area (Å²) in [6.07, 6.45) is 0. The first-order valence-electron chi connectivity index (χ1n) is 10.1. The van der Waals surface area contributed by atoms with Crippen molar-refractivity contribution in [3.8, 4) is 11.4 Å². The average Bonchev–Trinajstić information content (AvgIpc) is 3.14. The van der Waals surface area contributed by atoms with Gasteiger partial charge in [-0.15, -0.1) is 15.0 Å². The Labute approximate surface area is 180 Å². The Balaban J connectivity index is 1.72. The molecular formula is C24H25N5O2. The molecule has 0 spiro atoms. The van der Waals surface area contributed by atoms with E-state index in [9.17, 15) is 9.90 Å². The second kappa shape index (κ2) is 7.75. The van der Waals surface area contributed by atoms with Crippen LogP contribution in [0.3, 0.4) is 0 Å². The number of aromatic nitrogens is 3. The van der Waals surface area contributed by atoms with Crippen molar-refractivity contribution < 1.29 is 9.90 Å². The minimum absolute atomic E-state index is 0.104. The van der Waals surface area contributed by atoms with Gasteiger partial charge >= 0.3 is 6.03 Å². The molecule has 4 rings (SSSR count). The van der Waals surface area contributed by atoms with Crippen molar-refractivity contribution in [3.63, 3.8) is 0 Å². The number of nitrogens with zero attached hydrogens (tertiary/aromatic N) is 3. The van der Waals surface area contributed by atoms with E-state index < -0.39 is 6.03 Å². The van der Waals surface area contributed by atoms with Gasteiger partial charge in [0.25, 0.3) is 0 Å². The number of hydrogen-bond donors (Lipinski definition) is 3. The Kier molecular flexibility index (Phi) is 5.10. The fourth-order valence-corrected chi connectivity index (χ4v) is 3.19. The van der Waals surface area contributed by atoms with Crippen molar-refractivity contribution in [2.24, 2.45) is 0 Å². The highest BCUT2D eigenvalue weighted by atomic mass is 16.3.